The van der Waals surface area contributed by atoms with Crippen LogP contribution in [0.5, 0.6) is 11.6 Å². The fourth-order valence-electron chi connectivity index (χ4n) is 1.82. The van der Waals surface area contributed by atoms with E-state index < -0.39 is 5.97 Å². The van der Waals surface area contributed by atoms with E-state index in [4.69, 9.17) is 20.3 Å². The summed E-state index contributed by atoms with van der Waals surface area (Å²) in [4.78, 5) is 15.4. The lowest BCUT2D eigenvalue weighted by atomic mass is 10.0. The smallest absolute Gasteiger partial charge is 0.337 e. The van der Waals surface area contributed by atoms with Crippen molar-refractivity contribution in [3.05, 3.63) is 35.9 Å². The van der Waals surface area contributed by atoms with Gasteiger partial charge in [0.05, 0.1) is 31.2 Å². The maximum atomic E-state index is 11.1. The number of hydrogen-bond acceptors (Lipinski definition) is 5. The number of nitrogens with two attached hydrogens (primary N) is 1. The number of para-hydroxylation sites is 1. The number of benzene rings is 1. The quantitative estimate of drug-likeness (QED) is 0.828. The summed E-state index contributed by atoms with van der Waals surface area (Å²) in [6.45, 7) is 0. The molecule has 6 heteroatoms. The highest BCUT2D eigenvalue weighted by Crippen LogP contribution is 2.31. The van der Waals surface area contributed by atoms with Gasteiger partial charge in [-0.2, -0.15) is 0 Å². The number of carboxylic acid groups (broad SMARTS) is 1. The van der Waals surface area contributed by atoms with E-state index in [0.29, 0.717) is 22.9 Å². The van der Waals surface area contributed by atoms with E-state index in [-0.39, 0.29) is 11.3 Å². The zero-order valence-corrected chi connectivity index (χ0v) is 11.1. The van der Waals surface area contributed by atoms with Crippen molar-refractivity contribution in [3.63, 3.8) is 0 Å². The number of carbonyl (C=O) groups is 1. The number of hydrogen-bond donors (Lipinski definition) is 2. The van der Waals surface area contributed by atoms with Crippen molar-refractivity contribution in [1.29, 1.82) is 0 Å². The van der Waals surface area contributed by atoms with E-state index in [2.05, 4.69) is 4.98 Å². The second-order valence-corrected chi connectivity index (χ2v) is 4.01. The number of pyridine rings is 1. The van der Waals surface area contributed by atoms with Crippen LogP contribution >= 0.6 is 0 Å². The fraction of sp³-hybridized carbons (Fsp3) is 0.143. The Bertz CT molecular complexity index is 633. The van der Waals surface area contributed by atoms with Gasteiger partial charge in [-0.15, -0.1) is 0 Å². The Kier molecular flexibility index (Phi) is 3.74. The Labute approximate surface area is 115 Å². The topological polar surface area (TPSA) is 94.7 Å². The van der Waals surface area contributed by atoms with Gasteiger partial charge in [0.25, 0.3) is 0 Å². The first-order chi connectivity index (χ1) is 9.56. The molecular formula is C14H14N2O4. The van der Waals surface area contributed by atoms with Crippen molar-refractivity contribution in [3.8, 4) is 22.9 Å². The molecule has 0 radical (unpaired) electrons. The molecule has 0 aliphatic heterocycles. The van der Waals surface area contributed by atoms with Gasteiger partial charge in [-0.1, -0.05) is 12.1 Å². The summed E-state index contributed by atoms with van der Waals surface area (Å²) in [6.07, 6.45) is 0. The molecule has 0 aliphatic carbocycles. The first-order valence-corrected chi connectivity index (χ1v) is 5.79. The number of rotatable bonds is 4. The lowest BCUT2D eigenvalue weighted by Gasteiger charge is -2.10. The molecule has 2 rings (SSSR count). The molecule has 1 aromatic heterocycles. The predicted octanol–water partition coefficient (Wildman–Crippen LogP) is 2.05. The maximum absolute atomic E-state index is 11.1. The van der Waals surface area contributed by atoms with Gasteiger partial charge in [-0.05, 0) is 6.07 Å². The Hall–Kier alpha value is -2.76. The first-order valence-electron chi connectivity index (χ1n) is 5.79. The third-order valence-electron chi connectivity index (χ3n) is 2.83. The summed E-state index contributed by atoms with van der Waals surface area (Å²) in [5.74, 6) is -0.175. The van der Waals surface area contributed by atoms with E-state index in [0.717, 1.165) is 0 Å². The highest BCUT2D eigenvalue weighted by atomic mass is 16.5. The standard InChI is InChI=1S/C14H14N2O4/c1-19-8-6-11(16-12(7-8)20-2)9-4-3-5-10(13(9)15)14(17)18/h3-7H,15H2,1-2H3,(H,17,18). The molecule has 2 aromatic rings. The molecule has 0 fully saturated rings. The van der Waals surface area contributed by atoms with Crippen molar-refractivity contribution in [2.45, 2.75) is 0 Å². The molecule has 0 aliphatic rings. The van der Waals surface area contributed by atoms with Crippen LogP contribution in [0, 0.1) is 0 Å². The Morgan fingerprint density at radius 3 is 2.60 bits per heavy atom. The van der Waals surface area contributed by atoms with Crippen LogP contribution in [-0.4, -0.2) is 30.3 Å². The molecular weight excluding hydrogens is 260 g/mol. The van der Waals surface area contributed by atoms with Crippen molar-refractivity contribution in [2.75, 3.05) is 20.0 Å². The van der Waals surface area contributed by atoms with Gasteiger partial charge in [0.2, 0.25) is 5.88 Å². The zero-order valence-electron chi connectivity index (χ0n) is 11.1. The van der Waals surface area contributed by atoms with Gasteiger partial charge in [0, 0.05) is 17.7 Å². The van der Waals surface area contributed by atoms with Gasteiger partial charge < -0.3 is 20.3 Å². The second-order valence-electron chi connectivity index (χ2n) is 4.01. The number of nitrogen functional groups attached to an aromatic ring is 1. The van der Waals surface area contributed by atoms with Crippen LogP contribution < -0.4 is 15.2 Å². The predicted molar refractivity (Wildman–Crippen MR) is 74.1 cm³/mol. The maximum Gasteiger partial charge on any atom is 0.337 e. The van der Waals surface area contributed by atoms with E-state index in [1.54, 1.807) is 24.3 Å². The number of methoxy groups -OCH3 is 2. The summed E-state index contributed by atoms with van der Waals surface area (Å²) in [5.41, 5.74) is 7.09. The number of aromatic carboxylic acids is 1. The molecule has 0 bridgehead atoms. The summed E-state index contributed by atoms with van der Waals surface area (Å²) >= 11 is 0. The number of nitrogens with zero attached hydrogens (tertiary/aromatic N) is 1. The summed E-state index contributed by atoms with van der Waals surface area (Å²) in [6, 6.07) is 8.05. The molecule has 0 amide bonds. The van der Waals surface area contributed by atoms with Crippen LogP contribution in [0.3, 0.4) is 0 Å². The van der Waals surface area contributed by atoms with Crippen LogP contribution in [-0.2, 0) is 0 Å². The molecule has 1 aromatic carbocycles. The molecule has 0 saturated carbocycles. The fourth-order valence-corrected chi connectivity index (χ4v) is 1.82. The lowest BCUT2D eigenvalue weighted by Crippen LogP contribution is -2.04. The van der Waals surface area contributed by atoms with E-state index in [1.807, 2.05) is 0 Å². The van der Waals surface area contributed by atoms with Gasteiger partial charge in [-0.25, -0.2) is 9.78 Å². The van der Waals surface area contributed by atoms with Gasteiger partial charge >= 0.3 is 5.97 Å². The average molecular weight is 274 g/mol. The van der Waals surface area contributed by atoms with E-state index in [1.165, 1.54) is 20.3 Å². The highest BCUT2D eigenvalue weighted by Gasteiger charge is 2.14. The lowest BCUT2D eigenvalue weighted by molar-refractivity contribution is 0.0698. The molecule has 0 saturated heterocycles. The summed E-state index contributed by atoms with van der Waals surface area (Å²) in [5, 5.41) is 9.09. The average Bonchev–Trinajstić information content (AvgIpc) is 2.46. The molecule has 1 heterocycles. The van der Waals surface area contributed by atoms with Crippen LogP contribution in [0.4, 0.5) is 5.69 Å². The first kappa shape index (κ1) is 13.7. The monoisotopic (exact) mass is 274 g/mol. The Morgan fingerprint density at radius 1 is 1.25 bits per heavy atom. The zero-order chi connectivity index (χ0) is 14.7. The van der Waals surface area contributed by atoms with E-state index >= 15 is 0 Å². The second kappa shape index (κ2) is 5.48. The molecule has 20 heavy (non-hydrogen) atoms. The molecule has 0 unspecified atom stereocenters. The molecule has 0 spiro atoms. The minimum absolute atomic E-state index is 0.0334. The Morgan fingerprint density at radius 2 is 2.00 bits per heavy atom. The van der Waals surface area contributed by atoms with Crippen molar-refractivity contribution >= 4 is 11.7 Å². The Balaban J connectivity index is 2.62. The van der Waals surface area contributed by atoms with Crippen molar-refractivity contribution < 1.29 is 19.4 Å². The molecule has 3 N–H and O–H groups in total. The van der Waals surface area contributed by atoms with Gasteiger partial charge in [-0.3, -0.25) is 0 Å². The van der Waals surface area contributed by atoms with E-state index in [9.17, 15) is 4.79 Å². The number of ether oxygens (including phenoxy) is 2. The van der Waals surface area contributed by atoms with Crippen LogP contribution in [0.2, 0.25) is 0 Å². The molecule has 104 valence electrons. The minimum Gasteiger partial charge on any atom is -0.496 e. The SMILES string of the molecule is COc1cc(OC)nc(-c2cccc(C(=O)O)c2N)c1. The normalized spacial score (nSPS) is 10.1. The third kappa shape index (κ3) is 2.49. The number of anilines is 1. The van der Waals surface area contributed by atoms with Crippen LogP contribution in [0.1, 0.15) is 10.4 Å². The number of carboxylic acids is 1. The number of aromatic nitrogens is 1. The van der Waals surface area contributed by atoms with Gasteiger partial charge in [0.15, 0.2) is 0 Å². The highest BCUT2D eigenvalue weighted by molar-refractivity contribution is 5.97. The molecule has 0 atom stereocenters. The largest absolute Gasteiger partial charge is 0.496 e. The minimum atomic E-state index is -1.08. The van der Waals surface area contributed by atoms with Crippen LogP contribution in [0.15, 0.2) is 30.3 Å². The van der Waals surface area contributed by atoms with Crippen molar-refractivity contribution in [2.24, 2.45) is 0 Å². The molecule has 6 nitrogen and oxygen atoms in total. The van der Waals surface area contributed by atoms with Gasteiger partial charge in [0.1, 0.15) is 5.75 Å². The summed E-state index contributed by atoms with van der Waals surface area (Å²) in [7, 11) is 3.01. The third-order valence-corrected chi connectivity index (χ3v) is 2.83. The van der Waals surface area contributed by atoms with Crippen molar-refractivity contribution in [1.82, 2.24) is 4.98 Å². The summed E-state index contributed by atoms with van der Waals surface area (Å²) < 4.78 is 10.2. The van der Waals surface area contributed by atoms with Crippen LogP contribution in [0.25, 0.3) is 11.3 Å².